The van der Waals surface area contributed by atoms with E-state index in [4.69, 9.17) is 4.74 Å². The van der Waals surface area contributed by atoms with Gasteiger partial charge in [-0.05, 0) is 28.4 Å². The zero-order valence-corrected chi connectivity index (χ0v) is 7.84. The second kappa shape index (κ2) is 4.28. The molecule has 1 rings (SSSR count). The van der Waals surface area contributed by atoms with Gasteiger partial charge >= 0.3 is 0 Å². The summed E-state index contributed by atoms with van der Waals surface area (Å²) in [6.07, 6.45) is 0.984. The molecule has 0 saturated heterocycles. The van der Waals surface area contributed by atoms with Crippen molar-refractivity contribution < 1.29 is 4.74 Å². The molecular formula is C7H9BrN2O. The fraction of sp³-hybridized carbons (Fsp3) is 0.429. The minimum atomic E-state index is 0.579. The third-order valence-electron chi connectivity index (χ3n) is 1.06. The first-order valence-corrected chi connectivity index (χ1v) is 4.24. The van der Waals surface area contributed by atoms with E-state index in [1.165, 1.54) is 0 Å². The molecule has 3 nitrogen and oxygen atoms in total. The van der Waals surface area contributed by atoms with Crippen LogP contribution in [0.15, 0.2) is 16.7 Å². The minimum Gasteiger partial charge on any atom is -0.477 e. The topological polar surface area (TPSA) is 35.0 Å². The van der Waals surface area contributed by atoms with Crippen LogP contribution in [0.5, 0.6) is 5.88 Å². The van der Waals surface area contributed by atoms with E-state index in [-0.39, 0.29) is 0 Å². The van der Waals surface area contributed by atoms with E-state index in [0.29, 0.717) is 12.5 Å². The Labute approximate surface area is 73.9 Å². The van der Waals surface area contributed by atoms with Crippen molar-refractivity contribution >= 4 is 15.9 Å². The van der Waals surface area contributed by atoms with Gasteiger partial charge in [-0.25, -0.2) is 0 Å². The molecule has 0 fully saturated rings. The maximum Gasteiger partial charge on any atom is 0.233 e. The van der Waals surface area contributed by atoms with E-state index >= 15 is 0 Å². The fourth-order valence-electron chi connectivity index (χ4n) is 0.587. The first kappa shape index (κ1) is 8.46. The molecule has 0 saturated carbocycles. The van der Waals surface area contributed by atoms with Crippen LogP contribution in [0.3, 0.4) is 0 Å². The molecule has 0 spiro atoms. The quantitative estimate of drug-likeness (QED) is 0.776. The molecule has 0 aromatic carbocycles. The lowest BCUT2D eigenvalue weighted by Crippen LogP contribution is -1.97. The van der Waals surface area contributed by atoms with Gasteiger partial charge in [-0.3, -0.25) is 0 Å². The molecule has 0 N–H and O–H groups in total. The first-order valence-electron chi connectivity index (χ1n) is 3.45. The summed E-state index contributed by atoms with van der Waals surface area (Å²) < 4.78 is 5.94. The Morgan fingerprint density at radius 3 is 2.82 bits per heavy atom. The Kier molecular flexibility index (Phi) is 3.29. The zero-order chi connectivity index (χ0) is 8.10. The third kappa shape index (κ3) is 2.84. The van der Waals surface area contributed by atoms with Crippen molar-refractivity contribution in [2.75, 3.05) is 6.61 Å². The van der Waals surface area contributed by atoms with Gasteiger partial charge in [-0.1, -0.05) is 6.92 Å². The molecule has 0 aliphatic heterocycles. The van der Waals surface area contributed by atoms with Gasteiger partial charge in [-0.2, -0.15) is 0 Å². The number of hydrogen-bond acceptors (Lipinski definition) is 3. The van der Waals surface area contributed by atoms with Crippen molar-refractivity contribution in [1.29, 1.82) is 0 Å². The molecule has 1 aromatic heterocycles. The number of halogens is 1. The van der Waals surface area contributed by atoms with Gasteiger partial charge < -0.3 is 4.74 Å². The molecule has 1 aromatic rings. The maximum absolute atomic E-state index is 5.22. The van der Waals surface area contributed by atoms with Crippen molar-refractivity contribution in [3.8, 4) is 5.88 Å². The molecule has 0 bridgehead atoms. The normalized spacial score (nSPS) is 9.64. The van der Waals surface area contributed by atoms with Crippen LogP contribution < -0.4 is 4.74 Å². The second-order valence-corrected chi connectivity index (χ2v) is 2.86. The van der Waals surface area contributed by atoms with E-state index in [2.05, 4.69) is 26.1 Å². The smallest absolute Gasteiger partial charge is 0.233 e. The molecule has 0 unspecified atom stereocenters. The lowest BCUT2D eigenvalue weighted by Gasteiger charge is -2.00. The van der Waals surface area contributed by atoms with Gasteiger partial charge in [0.05, 0.1) is 6.61 Å². The SMILES string of the molecule is CCCOc1ccc(Br)nn1. The molecule has 0 radical (unpaired) electrons. The number of aromatic nitrogens is 2. The molecule has 60 valence electrons. The fourth-order valence-corrected chi connectivity index (χ4v) is 0.799. The average molecular weight is 217 g/mol. The highest BCUT2D eigenvalue weighted by Crippen LogP contribution is 2.08. The van der Waals surface area contributed by atoms with Crippen LogP contribution in [0, 0.1) is 0 Å². The van der Waals surface area contributed by atoms with Gasteiger partial charge in [0, 0.05) is 6.07 Å². The summed E-state index contributed by atoms with van der Waals surface area (Å²) in [4.78, 5) is 0. The lowest BCUT2D eigenvalue weighted by molar-refractivity contribution is 0.301. The van der Waals surface area contributed by atoms with Crippen molar-refractivity contribution in [3.05, 3.63) is 16.7 Å². The Hall–Kier alpha value is -0.640. The summed E-state index contributed by atoms with van der Waals surface area (Å²) in [5.74, 6) is 0.579. The van der Waals surface area contributed by atoms with E-state index in [0.717, 1.165) is 11.0 Å². The highest BCUT2D eigenvalue weighted by Gasteiger charge is 1.93. The molecule has 4 heteroatoms. The van der Waals surface area contributed by atoms with Crippen molar-refractivity contribution in [1.82, 2.24) is 10.2 Å². The van der Waals surface area contributed by atoms with Gasteiger partial charge in [-0.15, -0.1) is 10.2 Å². The van der Waals surface area contributed by atoms with Crippen LogP contribution in [-0.4, -0.2) is 16.8 Å². The lowest BCUT2D eigenvalue weighted by atomic mass is 10.5. The maximum atomic E-state index is 5.22. The Morgan fingerprint density at radius 1 is 1.45 bits per heavy atom. The van der Waals surface area contributed by atoms with Gasteiger partial charge in [0.1, 0.15) is 4.60 Å². The number of hydrogen-bond donors (Lipinski definition) is 0. The summed E-state index contributed by atoms with van der Waals surface area (Å²) >= 11 is 3.18. The van der Waals surface area contributed by atoms with Crippen molar-refractivity contribution in [2.45, 2.75) is 13.3 Å². The highest BCUT2D eigenvalue weighted by molar-refractivity contribution is 9.10. The first-order chi connectivity index (χ1) is 5.33. The van der Waals surface area contributed by atoms with Crippen LogP contribution in [0.2, 0.25) is 0 Å². The molecule has 0 amide bonds. The molecule has 1 heterocycles. The van der Waals surface area contributed by atoms with Crippen LogP contribution in [0.4, 0.5) is 0 Å². The molecule has 0 atom stereocenters. The van der Waals surface area contributed by atoms with E-state index in [1.807, 2.05) is 6.92 Å². The van der Waals surface area contributed by atoms with E-state index < -0.39 is 0 Å². The van der Waals surface area contributed by atoms with Gasteiger partial charge in [0.25, 0.3) is 0 Å². The number of rotatable bonds is 3. The minimum absolute atomic E-state index is 0.579. The van der Waals surface area contributed by atoms with E-state index in [1.54, 1.807) is 12.1 Å². The Bertz CT molecular complexity index is 212. The van der Waals surface area contributed by atoms with Crippen LogP contribution in [0.1, 0.15) is 13.3 Å². The summed E-state index contributed by atoms with van der Waals surface area (Å²) in [5, 5.41) is 7.57. The molecule has 0 aliphatic carbocycles. The van der Waals surface area contributed by atoms with Gasteiger partial charge in [0.2, 0.25) is 5.88 Å². The third-order valence-corrected chi connectivity index (χ3v) is 1.48. The Balaban J connectivity index is 2.52. The largest absolute Gasteiger partial charge is 0.477 e. The standard InChI is InChI=1S/C7H9BrN2O/c1-2-5-11-7-4-3-6(8)9-10-7/h3-4H,2,5H2,1H3. The second-order valence-electron chi connectivity index (χ2n) is 2.04. The molecule has 11 heavy (non-hydrogen) atoms. The van der Waals surface area contributed by atoms with Crippen LogP contribution in [0.25, 0.3) is 0 Å². The summed E-state index contributed by atoms with van der Waals surface area (Å²) in [6.45, 7) is 2.74. The van der Waals surface area contributed by atoms with Crippen LogP contribution >= 0.6 is 15.9 Å². The highest BCUT2D eigenvalue weighted by atomic mass is 79.9. The Morgan fingerprint density at radius 2 is 2.27 bits per heavy atom. The number of ether oxygens (including phenoxy) is 1. The summed E-state index contributed by atoms with van der Waals surface area (Å²) in [7, 11) is 0. The zero-order valence-electron chi connectivity index (χ0n) is 6.25. The van der Waals surface area contributed by atoms with Crippen molar-refractivity contribution in [3.63, 3.8) is 0 Å². The monoisotopic (exact) mass is 216 g/mol. The molecule has 0 aliphatic rings. The molecular weight excluding hydrogens is 208 g/mol. The summed E-state index contributed by atoms with van der Waals surface area (Å²) in [5.41, 5.74) is 0. The van der Waals surface area contributed by atoms with E-state index in [9.17, 15) is 0 Å². The predicted octanol–water partition coefficient (Wildman–Crippen LogP) is 2.03. The predicted molar refractivity (Wildman–Crippen MR) is 45.5 cm³/mol. The average Bonchev–Trinajstić information content (AvgIpc) is 2.04. The summed E-state index contributed by atoms with van der Waals surface area (Å²) in [6, 6.07) is 3.59. The van der Waals surface area contributed by atoms with Crippen LogP contribution in [-0.2, 0) is 0 Å². The van der Waals surface area contributed by atoms with Gasteiger partial charge in [0.15, 0.2) is 0 Å². The van der Waals surface area contributed by atoms with Crippen molar-refractivity contribution in [2.24, 2.45) is 0 Å². The number of nitrogens with zero attached hydrogens (tertiary/aromatic N) is 2.